The lowest BCUT2D eigenvalue weighted by atomic mass is 9.94. The van der Waals surface area contributed by atoms with Crippen molar-refractivity contribution in [3.05, 3.63) is 71.3 Å². The summed E-state index contributed by atoms with van der Waals surface area (Å²) in [6.45, 7) is 12.9. The van der Waals surface area contributed by atoms with Gasteiger partial charge in [0.25, 0.3) is 0 Å². The van der Waals surface area contributed by atoms with E-state index in [2.05, 4.69) is 53.5 Å². The molecule has 5 aliphatic rings. The Balaban J connectivity index is 0.982. The van der Waals surface area contributed by atoms with Crippen LogP contribution in [0.2, 0.25) is 0 Å². The molecule has 2 saturated carbocycles. The van der Waals surface area contributed by atoms with Crippen LogP contribution in [0.4, 0.5) is 9.59 Å². The van der Waals surface area contributed by atoms with Gasteiger partial charge in [-0.05, 0) is 115 Å². The van der Waals surface area contributed by atoms with Gasteiger partial charge in [0.15, 0.2) is 0 Å². The summed E-state index contributed by atoms with van der Waals surface area (Å²) in [5.74, 6) is 1.88. The Hall–Kier alpha value is -4.40. The third-order valence-corrected chi connectivity index (χ3v) is 10.8. The van der Waals surface area contributed by atoms with Crippen LogP contribution in [0.3, 0.4) is 0 Å². The van der Waals surface area contributed by atoms with E-state index in [-0.39, 0.29) is 24.3 Å². The summed E-state index contributed by atoms with van der Waals surface area (Å²) in [4.78, 5) is 43.9. The van der Waals surface area contributed by atoms with Gasteiger partial charge < -0.3 is 14.5 Å². The van der Waals surface area contributed by atoms with Crippen LogP contribution in [-0.2, 0) is 9.47 Å². The predicted octanol–water partition coefficient (Wildman–Crippen LogP) is 10.1. The van der Waals surface area contributed by atoms with E-state index in [9.17, 15) is 9.59 Å². The summed E-state index contributed by atoms with van der Waals surface area (Å²) in [5, 5.41) is 0. The molecular formula is C43H53N5O4. The molecule has 0 spiro atoms. The van der Waals surface area contributed by atoms with Crippen LogP contribution in [0.15, 0.2) is 59.2 Å². The fourth-order valence-corrected chi connectivity index (χ4v) is 8.05. The van der Waals surface area contributed by atoms with Gasteiger partial charge in [0, 0.05) is 54.0 Å². The van der Waals surface area contributed by atoms with E-state index < -0.39 is 11.2 Å². The standard InChI is InChI=1S/C43H53N5O4/c1-42(2,3)51-40(49)47-23-7-9-34(47)33-25-32(36(44-33)29-19-20-29)28-15-11-26(12-16-28)27-13-17-30(18-14-27)37-38(31-21-22-31)46-39(45-37)35-10-8-24-48(35)41(50)52-43(4,5)6/h11-18,29,31,34-35H,7-10,19-25H2,1-6H3,(H,45,46)/t34-,35-/m0/s1. The number of imidazole rings is 1. The molecule has 9 heteroatoms. The van der Waals surface area contributed by atoms with Crippen LogP contribution < -0.4 is 0 Å². The summed E-state index contributed by atoms with van der Waals surface area (Å²) in [7, 11) is 0. The Morgan fingerprint density at radius 3 is 1.71 bits per heavy atom. The highest BCUT2D eigenvalue weighted by molar-refractivity contribution is 6.04. The van der Waals surface area contributed by atoms with Gasteiger partial charge in [-0.15, -0.1) is 0 Å². The topological polar surface area (TPSA) is 100 Å². The number of carbonyl (C=O) groups excluding carboxylic acids is 2. The second-order valence-electron chi connectivity index (χ2n) is 17.4. The summed E-state index contributed by atoms with van der Waals surface area (Å²) in [6.07, 6.45) is 8.70. The Morgan fingerprint density at radius 2 is 1.17 bits per heavy atom. The maximum atomic E-state index is 13.1. The van der Waals surface area contributed by atoms with E-state index in [0.29, 0.717) is 18.4 Å². The van der Waals surface area contributed by atoms with Gasteiger partial charge in [-0.1, -0.05) is 48.5 Å². The largest absolute Gasteiger partial charge is 0.444 e. The fraction of sp³-hybridized carbons (Fsp3) is 0.535. The number of likely N-dealkylation sites (tertiary alicyclic amines) is 2. The molecule has 9 nitrogen and oxygen atoms in total. The van der Waals surface area contributed by atoms with Gasteiger partial charge in [0.1, 0.15) is 17.0 Å². The lowest BCUT2D eigenvalue weighted by Gasteiger charge is -2.28. The van der Waals surface area contributed by atoms with Crippen molar-refractivity contribution in [2.45, 2.75) is 129 Å². The molecule has 1 N–H and O–H groups in total. The number of amides is 2. The fourth-order valence-electron chi connectivity index (χ4n) is 8.05. The van der Waals surface area contributed by atoms with Crippen molar-refractivity contribution in [3.63, 3.8) is 0 Å². The Bertz CT molecular complexity index is 1900. The van der Waals surface area contributed by atoms with E-state index in [4.69, 9.17) is 19.5 Å². The van der Waals surface area contributed by atoms with E-state index in [1.54, 1.807) is 0 Å². The van der Waals surface area contributed by atoms with Crippen molar-refractivity contribution in [1.29, 1.82) is 0 Å². The molecule has 8 rings (SSSR count). The first-order valence-corrected chi connectivity index (χ1v) is 19.4. The van der Waals surface area contributed by atoms with Gasteiger partial charge >= 0.3 is 12.2 Å². The van der Waals surface area contributed by atoms with Crippen molar-refractivity contribution >= 4 is 23.5 Å². The molecule has 0 radical (unpaired) electrons. The Morgan fingerprint density at radius 1 is 0.673 bits per heavy atom. The number of nitrogens with zero attached hydrogens (tertiary/aromatic N) is 4. The van der Waals surface area contributed by atoms with Crippen molar-refractivity contribution in [2.75, 3.05) is 13.1 Å². The summed E-state index contributed by atoms with van der Waals surface area (Å²) in [6, 6.07) is 17.6. The van der Waals surface area contributed by atoms with Crippen LogP contribution in [0.25, 0.3) is 28.0 Å². The van der Waals surface area contributed by atoms with Gasteiger partial charge in [-0.3, -0.25) is 14.8 Å². The van der Waals surface area contributed by atoms with Gasteiger partial charge in [-0.25, -0.2) is 14.6 Å². The molecule has 274 valence electrons. The molecule has 0 unspecified atom stereocenters. The first kappa shape index (κ1) is 34.7. The molecule has 1 aromatic heterocycles. The average Bonchev–Trinajstić information content (AvgIpc) is 3.86. The van der Waals surface area contributed by atoms with Crippen LogP contribution in [-0.4, -0.2) is 68.0 Å². The van der Waals surface area contributed by atoms with Crippen LogP contribution >= 0.6 is 0 Å². The minimum absolute atomic E-state index is 0.00647. The lowest BCUT2D eigenvalue weighted by Crippen LogP contribution is -2.43. The predicted molar refractivity (Wildman–Crippen MR) is 204 cm³/mol. The van der Waals surface area contributed by atoms with Crippen molar-refractivity contribution < 1.29 is 19.1 Å². The van der Waals surface area contributed by atoms with Gasteiger partial charge in [0.2, 0.25) is 0 Å². The number of benzene rings is 2. The van der Waals surface area contributed by atoms with Gasteiger partial charge in [-0.2, -0.15) is 0 Å². The molecule has 2 aliphatic carbocycles. The molecule has 0 bridgehead atoms. The molecule has 2 atom stereocenters. The first-order valence-electron chi connectivity index (χ1n) is 19.4. The number of carbonyl (C=O) groups is 2. The molecule has 2 amide bonds. The van der Waals surface area contributed by atoms with E-state index in [1.165, 1.54) is 40.9 Å². The van der Waals surface area contributed by atoms with E-state index in [0.717, 1.165) is 79.8 Å². The molecule has 2 saturated heterocycles. The quantitative estimate of drug-likeness (QED) is 0.264. The number of H-pyrrole nitrogens is 1. The maximum absolute atomic E-state index is 13.1. The summed E-state index contributed by atoms with van der Waals surface area (Å²) < 4.78 is 11.5. The van der Waals surface area contributed by atoms with E-state index >= 15 is 0 Å². The lowest BCUT2D eigenvalue weighted by molar-refractivity contribution is 0.0216. The second kappa shape index (κ2) is 13.2. The summed E-state index contributed by atoms with van der Waals surface area (Å²) >= 11 is 0. The molecule has 3 aromatic rings. The second-order valence-corrected chi connectivity index (χ2v) is 17.4. The SMILES string of the molecule is CC(C)(C)OC(=O)N1CCC[C@H]1C1=NC(C2CC2)=C(c2ccc(-c3ccc(-c4nc([C@@H]5CCCN5C(=O)OC(C)(C)C)[nH]c4C4CC4)cc3)cc2)C1. The maximum Gasteiger partial charge on any atom is 0.410 e. The number of aromatic nitrogens is 2. The monoisotopic (exact) mass is 703 g/mol. The third kappa shape index (κ3) is 7.28. The van der Waals surface area contributed by atoms with Crippen LogP contribution in [0, 0.1) is 5.92 Å². The Labute approximate surface area is 307 Å². The molecular weight excluding hydrogens is 651 g/mol. The van der Waals surface area contributed by atoms with Gasteiger partial charge in [0.05, 0.1) is 17.8 Å². The zero-order valence-corrected chi connectivity index (χ0v) is 31.6. The highest BCUT2D eigenvalue weighted by Crippen LogP contribution is 2.47. The van der Waals surface area contributed by atoms with Crippen molar-refractivity contribution in [2.24, 2.45) is 10.9 Å². The number of allylic oxidation sites excluding steroid dienone is 2. The van der Waals surface area contributed by atoms with E-state index in [1.807, 2.05) is 51.3 Å². The third-order valence-electron chi connectivity index (χ3n) is 10.8. The van der Waals surface area contributed by atoms with Crippen LogP contribution in [0.1, 0.15) is 128 Å². The molecule has 52 heavy (non-hydrogen) atoms. The smallest absolute Gasteiger partial charge is 0.410 e. The highest BCUT2D eigenvalue weighted by Gasteiger charge is 2.41. The van der Waals surface area contributed by atoms with Crippen molar-refractivity contribution in [1.82, 2.24) is 19.8 Å². The molecule has 3 aliphatic heterocycles. The zero-order chi connectivity index (χ0) is 36.4. The average molecular weight is 704 g/mol. The molecule has 2 aromatic carbocycles. The van der Waals surface area contributed by atoms with Crippen LogP contribution in [0.5, 0.6) is 0 Å². The number of nitrogens with one attached hydrogen (secondary N) is 1. The number of hydrogen-bond donors (Lipinski definition) is 1. The molecule has 4 fully saturated rings. The number of aliphatic imine (C=N–C) groups is 1. The minimum Gasteiger partial charge on any atom is -0.444 e. The number of ether oxygens (including phenoxy) is 2. The summed E-state index contributed by atoms with van der Waals surface area (Å²) in [5.41, 5.74) is 9.41. The highest BCUT2D eigenvalue weighted by atomic mass is 16.6. The van der Waals surface area contributed by atoms with Crippen molar-refractivity contribution in [3.8, 4) is 22.4 Å². The number of aromatic amines is 1. The first-order chi connectivity index (χ1) is 24.8. The number of rotatable bonds is 7. The number of hydrogen-bond acceptors (Lipinski definition) is 6. The zero-order valence-electron chi connectivity index (χ0n) is 31.6. The minimum atomic E-state index is -0.535. The normalized spacial score (nSPS) is 22.3. The molecule has 4 heterocycles. The Kier molecular flexibility index (Phi) is 8.82.